The van der Waals surface area contributed by atoms with Crippen LogP contribution in [0.25, 0.3) is 10.2 Å². The number of aryl methyl sites for hydroxylation is 2. The second kappa shape index (κ2) is 8.38. The van der Waals surface area contributed by atoms with E-state index in [-0.39, 0.29) is 17.2 Å². The van der Waals surface area contributed by atoms with Crippen molar-refractivity contribution in [2.24, 2.45) is 0 Å². The Morgan fingerprint density at radius 2 is 2.21 bits per heavy atom. The van der Waals surface area contributed by atoms with Crippen molar-refractivity contribution in [3.8, 4) is 0 Å². The first-order chi connectivity index (χ1) is 13.9. The van der Waals surface area contributed by atoms with Crippen LogP contribution in [-0.2, 0) is 23.4 Å². The lowest BCUT2D eigenvalue weighted by atomic mass is 10.2. The quantitative estimate of drug-likeness (QED) is 0.594. The Bertz CT molecular complexity index is 1140. The van der Waals surface area contributed by atoms with E-state index >= 15 is 0 Å². The number of H-pyrrole nitrogens is 1. The summed E-state index contributed by atoms with van der Waals surface area (Å²) in [6.45, 7) is 0. The summed E-state index contributed by atoms with van der Waals surface area (Å²) in [6, 6.07) is 5.43. The van der Waals surface area contributed by atoms with E-state index in [2.05, 4.69) is 15.3 Å². The molecule has 2 heterocycles. The predicted molar refractivity (Wildman–Crippen MR) is 123 cm³/mol. The highest BCUT2D eigenvalue weighted by molar-refractivity contribution is 7.99. The Hall–Kier alpha value is -2.03. The molecule has 0 spiro atoms. The Kier molecular flexibility index (Phi) is 5.85. The SMILES string of the molecule is CN(C)c1ccc(NC(=O)CSCc2nc3sc4c(c3c(=O)[nH]2)CCC4)cc1Cl. The molecule has 1 amide bonds. The van der Waals surface area contributed by atoms with E-state index in [1.807, 2.05) is 31.1 Å². The van der Waals surface area contributed by atoms with Crippen LogP contribution >= 0.6 is 34.7 Å². The molecule has 0 saturated heterocycles. The molecule has 0 atom stereocenters. The molecule has 152 valence electrons. The third-order valence-electron chi connectivity index (χ3n) is 4.81. The number of nitrogens with one attached hydrogen (secondary N) is 2. The fourth-order valence-corrected chi connectivity index (χ4v) is 5.82. The number of anilines is 2. The second-order valence-electron chi connectivity index (χ2n) is 7.15. The molecule has 1 aromatic carbocycles. The summed E-state index contributed by atoms with van der Waals surface area (Å²) in [7, 11) is 3.82. The summed E-state index contributed by atoms with van der Waals surface area (Å²) in [5.41, 5.74) is 2.66. The third kappa shape index (κ3) is 4.29. The first-order valence-corrected chi connectivity index (χ1v) is 11.6. The van der Waals surface area contributed by atoms with Gasteiger partial charge in [-0.3, -0.25) is 9.59 Å². The van der Waals surface area contributed by atoms with E-state index in [0.717, 1.165) is 35.2 Å². The van der Waals surface area contributed by atoms with Crippen molar-refractivity contribution in [2.45, 2.75) is 25.0 Å². The standard InChI is InChI=1S/C20H21ClN4O2S2/c1-25(2)14-7-6-11(8-13(14)21)22-17(26)10-28-9-16-23-19(27)18-12-4-3-5-15(12)29-20(18)24-16/h6-8H,3-5,9-10H2,1-2H3,(H,22,26)(H,23,24,27). The molecule has 9 heteroatoms. The van der Waals surface area contributed by atoms with Gasteiger partial charge in [-0.2, -0.15) is 0 Å². The first-order valence-electron chi connectivity index (χ1n) is 9.30. The maximum atomic E-state index is 12.5. The van der Waals surface area contributed by atoms with Gasteiger partial charge in [-0.05, 0) is 43.0 Å². The van der Waals surface area contributed by atoms with E-state index in [4.69, 9.17) is 11.6 Å². The molecule has 1 aliphatic carbocycles. The van der Waals surface area contributed by atoms with Crippen molar-refractivity contribution in [1.82, 2.24) is 9.97 Å². The van der Waals surface area contributed by atoms with Gasteiger partial charge >= 0.3 is 0 Å². The van der Waals surface area contributed by atoms with Crippen molar-refractivity contribution >= 4 is 62.2 Å². The van der Waals surface area contributed by atoms with Crippen LogP contribution in [0.1, 0.15) is 22.7 Å². The number of aromatic nitrogens is 2. The number of thioether (sulfide) groups is 1. The second-order valence-corrected chi connectivity index (χ2v) is 9.63. The van der Waals surface area contributed by atoms with E-state index in [9.17, 15) is 9.59 Å². The van der Waals surface area contributed by atoms with Crippen LogP contribution in [0, 0.1) is 0 Å². The molecule has 3 aromatic rings. The number of aromatic amines is 1. The zero-order valence-electron chi connectivity index (χ0n) is 16.2. The van der Waals surface area contributed by atoms with Crippen molar-refractivity contribution < 1.29 is 4.79 Å². The third-order valence-corrected chi connectivity index (χ3v) is 7.24. The van der Waals surface area contributed by atoms with Crippen LogP contribution in [0.3, 0.4) is 0 Å². The molecule has 2 N–H and O–H groups in total. The number of halogens is 1. The summed E-state index contributed by atoms with van der Waals surface area (Å²) < 4.78 is 0. The maximum absolute atomic E-state index is 12.5. The minimum atomic E-state index is -0.123. The molecule has 29 heavy (non-hydrogen) atoms. The molecular weight excluding hydrogens is 428 g/mol. The molecule has 4 rings (SSSR count). The van der Waals surface area contributed by atoms with Crippen molar-refractivity contribution in [2.75, 3.05) is 30.1 Å². The minimum absolute atomic E-state index is 0.0647. The van der Waals surface area contributed by atoms with E-state index in [0.29, 0.717) is 22.3 Å². The highest BCUT2D eigenvalue weighted by Crippen LogP contribution is 2.34. The lowest BCUT2D eigenvalue weighted by Gasteiger charge is -2.15. The van der Waals surface area contributed by atoms with Gasteiger partial charge in [0.1, 0.15) is 10.7 Å². The average molecular weight is 449 g/mol. The molecule has 2 aromatic heterocycles. The minimum Gasteiger partial charge on any atom is -0.376 e. The first kappa shape index (κ1) is 20.3. The van der Waals surface area contributed by atoms with Gasteiger partial charge in [0.2, 0.25) is 5.91 Å². The monoisotopic (exact) mass is 448 g/mol. The molecule has 0 saturated carbocycles. The summed E-state index contributed by atoms with van der Waals surface area (Å²) in [4.78, 5) is 36.2. The number of hydrogen-bond donors (Lipinski definition) is 2. The van der Waals surface area contributed by atoms with Crippen LogP contribution in [0.4, 0.5) is 11.4 Å². The maximum Gasteiger partial charge on any atom is 0.259 e. The zero-order valence-corrected chi connectivity index (χ0v) is 18.6. The number of nitrogens with zero attached hydrogens (tertiary/aromatic N) is 2. The average Bonchev–Trinajstić information content (AvgIpc) is 3.22. The predicted octanol–water partition coefficient (Wildman–Crippen LogP) is 4.06. The van der Waals surface area contributed by atoms with Gasteiger partial charge < -0.3 is 15.2 Å². The molecule has 0 bridgehead atoms. The van der Waals surface area contributed by atoms with E-state index < -0.39 is 0 Å². The van der Waals surface area contributed by atoms with Crippen LogP contribution in [0.15, 0.2) is 23.0 Å². The lowest BCUT2D eigenvalue weighted by Crippen LogP contribution is -2.16. The Labute approximate surface area is 181 Å². The Morgan fingerprint density at radius 1 is 1.38 bits per heavy atom. The van der Waals surface area contributed by atoms with Gasteiger partial charge in [-0.25, -0.2) is 4.98 Å². The van der Waals surface area contributed by atoms with Crippen molar-refractivity contribution in [3.05, 3.63) is 49.8 Å². The fourth-order valence-electron chi connectivity index (χ4n) is 3.50. The number of amides is 1. The zero-order chi connectivity index (χ0) is 20.5. The highest BCUT2D eigenvalue weighted by atomic mass is 35.5. The number of hydrogen-bond acceptors (Lipinski definition) is 6. The molecule has 0 aliphatic heterocycles. The lowest BCUT2D eigenvalue weighted by molar-refractivity contribution is -0.113. The number of carbonyl (C=O) groups is 1. The number of carbonyl (C=O) groups excluding carboxylic acids is 1. The van der Waals surface area contributed by atoms with Crippen LogP contribution < -0.4 is 15.8 Å². The normalized spacial score (nSPS) is 12.9. The van der Waals surface area contributed by atoms with E-state index in [1.54, 1.807) is 17.4 Å². The number of rotatable bonds is 6. The number of thiophene rings is 1. The molecule has 1 aliphatic rings. The van der Waals surface area contributed by atoms with Gasteiger partial charge in [0.05, 0.1) is 27.6 Å². The van der Waals surface area contributed by atoms with Gasteiger partial charge in [0.15, 0.2) is 0 Å². The molecule has 6 nitrogen and oxygen atoms in total. The number of benzene rings is 1. The summed E-state index contributed by atoms with van der Waals surface area (Å²) in [5.74, 6) is 1.22. The Morgan fingerprint density at radius 3 is 2.97 bits per heavy atom. The fraction of sp³-hybridized carbons (Fsp3) is 0.350. The van der Waals surface area contributed by atoms with Gasteiger partial charge in [0, 0.05) is 24.7 Å². The molecule has 0 unspecified atom stereocenters. The Balaban J connectivity index is 1.36. The van der Waals surface area contributed by atoms with Crippen LogP contribution in [-0.4, -0.2) is 35.7 Å². The van der Waals surface area contributed by atoms with Gasteiger partial charge in [-0.1, -0.05) is 11.6 Å². The summed E-state index contributed by atoms with van der Waals surface area (Å²) >= 11 is 9.28. The smallest absolute Gasteiger partial charge is 0.259 e. The van der Waals surface area contributed by atoms with Crippen LogP contribution in [0.5, 0.6) is 0 Å². The topological polar surface area (TPSA) is 78.1 Å². The van der Waals surface area contributed by atoms with Gasteiger partial charge in [0.25, 0.3) is 5.56 Å². The summed E-state index contributed by atoms with van der Waals surface area (Å²) in [5, 5.41) is 4.19. The van der Waals surface area contributed by atoms with Gasteiger partial charge in [-0.15, -0.1) is 23.1 Å². The largest absolute Gasteiger partial charge is 0.376 e. The summed E-state index contributed by atoms with van der Waals surface area (Å²) in [6.07, 6.45) is 3.12. The highest BCUT2D eigenvalue weighted by Gasteiger charge is 2.21. The van der Waals surface area contributed by atoms with Crippen LogP contribution in [0.2, 0.25) is 5.02 Å². The molecule has 0 fully saturated rings. The molecule has 0 radical (unpaired) electrons. The van der Waals surface area contributed by atoms with Crippen molar-refractivity contribution in [1.29, 1.82) is 0 Å². The number of fused-ring (bicyclic) bond motifs is 3. The van der Waals surface area contributed by atoms with E-state index in [1.165, 1.54) is 22.2 Å². The molecular formula is C20H21ClN4O2S2. The van der Waals surface area contributed by atoms with Crippen molar-refractivity contribution in [3.63, 3.8) is 0 Å².